The highest BCUT2D eigenvalue weighted by Gasteiger charge is 2.29. The SMILES string of the molecule is CC(C)NS(=O)(=O)Cc1ccc(CNC(=O)CC2Sc3ccc(Cl)cc3NC2=O)cc1. The van der Waals surface area contributed by atoms with Crippen LogP contribution in [0, 0.1) is 0 Å². The molecule has 0 aromatic heterocycles. The maximum atomic E-state index is 12.3. The second-order valence-electron chi connectivity index (χ2n) is 7.57. The zero-order valence-electron chi connectivity index (χ0n) is 17.1. The molecule has 3 N–H and O–H groups in total. The number of carbonyl (C=O) groups excluding carboxylic acids is 2. The number of sulfonamides is 1. The molecule has 1 unspecified atom stereocenters. The van der Waals surface area contributed by atoms with Crippen LogP contribution in [-0.2, 0) is 31.9 Å². The van der Waals surface area contributed by atoms with E-state index < -0.39 is 15.3 Å². The fraction of sp³-hybridized carbons (Fsp3) is 0.333. The number of halogens is 1. The van der Waals surface area contributed by atoms with Gasteiger partial charge < -0.3 is 10.6 Å². The van der Waals surface area contributed by atoms with E-state index in [9.17, 15) is 18.0 Å². The van der Waals surface area contributed by atoms with Crippen molar-refractivity contribution in [3.63, 3.8) is 0 Å². The second-order valence-corrected chi connectivity index (χ2v) is 11.0. The number of rotatable bonds is 8. The lowest BCUT2D eigenvalue weighted by Gasteiger charge is -2.23. The van der Waals surface area contributed by atoms with Crippen molar-refractivity contribution in [2.24, 2.45) is 0 Å². The molecule has 0 radical (unpaired) electrons. The minimum absolute atomic E-state index is 0.0514. The Kier molecular flexibility index (Phi) is 7.64. The highest BCUT2D eigenvalue weighted by atomic mass is 35.5. The van der Waals surface area contributed by atoms with E-state index in [1.54, 1.807) is 50.2 Å². The first-order valence-corrected chi connectivity index (χ1v) is 12.6. The van der Waals surface area contributed by atoms with Crippen molar-refractivity contribution in [2.45, 2.75) is 48.8 Å². The zero-order chi connectivity index (χ0) is 22.6. The van der Waals surface area contributed by atoms with Gasteiger partial charge in [-0.3, -0.25) is 9.59 Å². The van der Waals surface area contributed by atoms with Gasteiger partial charge in [0.2, 0.25) is 21.8 Å². The minimum atomic E-state index is -3.38. The number of hydrogen-bond donors (Lipinski definition) is 3. The molecule has 0 bridgehead atoms. The summed E-state index contributed by atoms with van der Waals surface area (Å²) in [5.41, 5.74) is 2.16. The van der Waals surface area contributed by atoms with Gasteiger partial charge in [-0.25, -0.2) is 13.1 Å². The van der Waals surface area contributed by atoms with Gasteiger partial charge in [0.25, 0.3) is 0 Å². The Labute approximate surface area is 191 Å². The lowest BCUT2D eigenvalue weighted by molar-refractivity contribution is -0.124. The van der Waals surface area contributed by atoms with Crippen molar-refractivity contribution in [3.05, 3.63) is 58.6 Å². The summed E-state index contributed by atoms with van der Waals surface area (Å²) in [6, 6.07) is 12.1. The highest BCUT2D eigenvalue weighted by molar-refractivity contribution is 8.01. The van der Waals surface area contributed by atoms with E-state index >= 15 is 0 Å². The number of anilines is 1. The Morgan fingerprint density at radius 2 is 1.84 bits per heavy atom. The molecule has 10 heteroatoms. The van der Waals surface area contributed by atoms with Crippen LogP contribution in [0.5, 0.6) is 0 Å². The number of amides is 2. The van der Waals surface area contributed by atoms with Gasteiger partial charge in [0.05, 0.1) is 16.7 Å². The van der Waals surface area contributed by atoms with Crippen LogP contribution in [0.15, 0.2) is 47.4 Å². The molecule has 0 fully saturated rings. The van der Waals surface area contributed by atoms with Gasteiger partial charge in [-0.15, -0.1) is 11.8 Å². The van der Waals surface area contributed by atoms with Gasteiger partial charge in [0.15, 0.2) is 0 Å². The Balaban J connectivity index is 1.51. The molecule has 7 nitrogen and oxygen atoms in total. The van der Waals surface area contributed by atoms with E-state index in [1.807, 2.05) is 6.07 Å². The van der Waals surface area contributed by atoms with Crippen LogP contribution in [0.3, 0.4) is 0 Å². The molecular weight excluding hydrogens is 458 g/mol. The van der Waals surface area contributed by atoms with Gasteiger partial charge in [-0.05, 0) is 43.2 Å². The fourth-order valence-corrected chi connectivity index (χ4v) is 5.77. The predicted octanol–water partition coefficient (Wildman–Crippen LogP) is 3.29. The summed E-state index contributed by atoms with van der Waals surface area (Å²) >= 11 is 7.29. The lowest BCUT2D eigenvalue weighted by Crippen LogP contribution is -2.34. The number of carbonyl (C=O) groups is 2. The molecule has 0 aliphatic carbocycles. The van der Waals surface area contributed by atoms with E-state index in [0.717, 1.165) is 10.5 Å². The summed E-state index contributed by atoms with van der Waals surface area (Å²) in [6.07, 6.45) is 0.0514. The minimum Gasteiger partial charge on any atom is -0.352 e. The van der Waals surface area contributed by atoms with Crippen molar-refractivity contribution in [3.8, 4) is 0 Å². The Hall–Kier alpha value is -2.07. The third kappa shape index (κ3) is 6.96. The van der Waals surface area contributed by atoms with Crippen molar-refractivity contribution in [1.29, 1.82) is 0 Å². The zero-order valence-corrected chi connectivity index (χ0v) is 19.5. The summed E-state index contributed by atoms with van der Waals surface area (Å²) < 4.78 is 26.6. The van der Waals surface area contributed by atoms with Crippen molar-refractivity contribution in [1.82, 2.24) is 10.0 Å². The first-order valence-electron chi connectivity index (χ1n) is 9.73. The van der Waals surface area contributed by atoms with Crippen LogP contribution >= 0.6 is 23.4 Å². The van der Waals surface area contributed by atoms with Crippen LogP contribution in [0.1, 0.15) is 31.4 Å². The van der Waals surface area contributed by atoms with Crippen molar-refractivity contribution < 1.29 is 18.0 Å². The molecule has 1 heterocycles. The Bertz CT molecular complexity index is 1070. The molecule has 2 aromatic rings. The van der Waals surface area contributed by atoms with Gasteiger partial charge in [0, 0.05) is 28.9 Å². The lowest BCUT2D eigenvalue weighted by atomic mass is 10.1. The van der Waals surface area contributed by atoms with Crippen LogP contribution in [-0.4, -0.2) is 31.5 Å². The molecule has 3 rings (SSSR count). The average Bonchev–Trinajstić information content (AvgIpc) is 2.67. The third-order valence-electron chi connectivity index (χ3n) is 4.42. The van der Waals surface area contributed by atoms with E-state index in [-0.39, 0.29) is 30.0 Å². The van der Waals surface area contributed by atoms with Gasteiger partial charge >= 0.3 is 0 Å². The summed E-state index contributed by atoms with van der Waals surface area (Å²) in [6.45, 7) is 3.83. The molecule has 1 aliphatic rings. The predicted molar refractivity (Wildman–Crippen MR) is 124 cm³/mol. The maximum absolute atomic E-state index is 12.3. The molecule has 166 valence electrons. The summed E-state index contributed by atoms with van der Waals surface area (Å²) in [5, 5.41) is 5.62. The maximum Gasteiger partial charge on any atom is 0.238 e. The van der Waals surface area contributed by atoms with E-state index in [2.05, 4.69) is 15.4 Å². The smallest absolute Gasteiger partial charge is 0.238 e. The molecule has 0 saturated heterocycles. The molecule has 0 saturated carbocycles. The molecule has 1 atom stereocenters. The number of fused-ring (bicyclic) bond motifs is 1. The standard InChI is InChI=1S/C21H24ClN3O4S2/c1-13(2)25-31(28,29)12-15-5-3-14(4-6-15)11-23-20(26)10-19-21(27)24-17-9-16(22)7-8-18(17)30-19/h3-9,13,19,25H,10-12H2,1-2H3,(H,23,26)(H,24,27). The summed E-state index contributed by atoms with van der Waals surface area (Å²) in [4.78, 5) is 25.5. The number of nitrogens with one attached hydrogen (secondary N) is 3. The normalized spacial score (nSPS) is 16.0. The monoisotopic (exact) mass is 481 g/mol. The Morgan fingerprint density at radius 3 is 2.52 bits per heavy atom. The van der Waals surface area contributed by atoms with Crippen LogP contribution in [0.4, 0.5) is 5.69 Å². The van der Waals surface area contributed by atoms with E-state index in [4.69, 9.17) is 11.6 Å². The first-order chi connectivity index (χ1) is 14.6. The molecular formula is C21H24ClN3O4S2. The number of hydrogen-bond acceptors (Lipinski definition) is 5. The van der Waals surface area contributed by atoms with E-state index in [1.165, 1.54) is 11.8 Å². The fourth-order valence-electron chi connectivity index (χ4n) is 3.07. The van der Waals surface area contributed by atoms with Gasteiger partial charge in [-0.2, -0.15) is 0 Å². The molecule has 0 spiro atoms. The molecule has 2 amide bonds. The van der Waals surface area contributed by atoms with Gasteiger partial charge in [-0.1, -0.05) is 35.9 Å². The van der Waals surface area contributed by atoms with Crippen molar-refractivity contribution >= 4 is 50.9 Å². The summed E-state index contributed by atoms with van der Waals surface area (Å²) in [5.74, 6) is -0.563. The average molecular weight is 482 g/mol. The van der Waals surface area contributed by atoms with Gasteiger partial charge in [0.1, 0.15) is 0 Å². The second kappa shape index (κ2) is 10.0. The molecule has 31 heavy (non-hydrogen) atoms. The van der Waals surface area contributed by atoms with Crippen molar-refractivity contribution in [2.75, 3.05) is 5.32 Å². The van der Waals surface area contributed by atoms with E-state index in [0.29, 0.717) is 22.8 Å². The topological polar surface area (TPSA) is 104 Å². The highest BCUT2D eigenvalue weighted by Crippen LogP contribution is 2.38. The van der Waals surface area contributed by atoms with Crippen LogP contribution in [0.2, 0.25) is 5.02 Å². The number of thioether (sulfide) groups is 1. The van der Waals surface area contributed by atoms with Crippen LogP contribution in [0.25, 0.3) is 0 Å². The largest absolute Gasteiger partial charge is 0.352 e. The quantitative estimate of drug-likeness (QED) is 0.536. The summed E-state index contributed by atoms with van der Waals surface area (Å²) in [7, 11) is -3.38. The molecule has 2 aromatic carbocycles. The first kappa shape index (κ1) is 23.6. The Morgan fingerprint density at radius 1 is 1.16 bits per heavy atom. The molecule has 1 aliphatic heterocycles. The third-order valence-corrected chi connectivity index (χ3v) is 7.47. The number of benzene rings is 2. The van der Waals surface area contributed by atoms with Crippen LogP contribution < -0.4 is 15.4 Å².